The molecule has 0 aromatic rings. The van der Waals surface area contributed by atoms with Crippen molar-refractivity contribution in [1.29, 1.82) is 0 Å². The minimum absolute atomic E-state index is 0.0752. The zero-order valence-electron chi connectivity index (χ0n) is 9.01. The van der Waals surface area contributed by atoms with Crippen molar-refractivity contribution in [2.45, 2.75) is 40.0 Å². The maximum absolute atomic E-state index is 11.1. The lowest BCUT2D eigenvalue weighted by Crippen LogP contribution is -2.27. The topological polar surface area (TPSA) is 29.5 Å². The van der Waals surface area contributed by atoms with Crippen LogP contribution in [0.3, 0.4) is 0 Å². The first-order valence-corrected chi connectivity index (χ1v) is 5.12. The molecular weight excluding hydrogens is 166 g/mol. The monoisotopic (exact) mass is 187 g/mol. The number of carbonyl (C=O) groups excluding carboxylic acids is 1. The quantitative estimate of drug-likeness (QED) is 0.451. The molecule has 0 saturated carbocycles. The lowest BCUT2D eigenvalue weighted by molar-refractivity contribution is -0.148. The normalized spacial score (nSPS) is 10.5. The summed E-state index contributed by atoms with van der Waals surface area (Å²) in [5.41, 5.74) is 0. The highest BCUT2D eigenvalue weighted by atomic mass is 16.5. The lowest BCUT2D eigenvalue weighted by atomic mass is 10.3. The van der Waals surface area contributed by atoms with Gasteiger partial charge in [-0.25, -0.2) is 0 Å². The van der Waals surface area contributed by atoms with E-state index in [0.29, 0.717) is 13.2 Å². The van der Waals surface area contributed by atoms with Crippen molar-refractivity contribution in [3.63, 3.8) is 0 Å². The number of nitrogens with zero attached hydrogens (tertiary/aromatic N) is 1. The van der Waals surface area contributed by atoms with Crippen LogP contribution >= 0.6 is 0 Å². The van der Waals surface area contributed by atoms with E-state index in [4.69, 9.17) is 4.74 Å². The number of ether oxygens (including phenoxy) is 1. The first-order chi connectivity index (χ1) is 6.24. The predicted molar refractivity (Wildman–Crippen MR) is 53.4 cm³/mol. The van der Waals surface area contributed by atoms with Gasteiger partial charge in [-0.05, 0) is 19.5 Å². The molecule has 0 aliphatic heterocycles. The first-order valence-electron chi connectivity index (χ1n) is 5.12. The molecule has 0 N–H and O–H groups in total. The van der Waals surface area contributed by atoms with Crippen molar-refractivity contribution in [2.24, 2.45) is 0 Å². The van der Waals surface area contributed by atoms with Crippen molar-refractivity contribution < 1.29 is 9.53 Å². The van der Waals surface area contributed by atoms with Crippen LogP contribution in [0.25, 0.3) is 0 Å². The number of hydrogen-bond acceptors (Lipinski definition) is 3. The highest BCUT2D eigenvalue weighted by Crippen LogP contribution is 1.97. The Morgan fingerprint density at radius 2 is 1.85 bits per heavy atom. The third-order valence-corrected chi connectivity index (χ3v) is 2.04. The smallest absolute Gasteiger partial charge is 0.307 e. The van der Waals surface area contributed by atoms with E-state index in [1.165, 1.54) is 0 Å². The first kappa shape index (κ1) is 12.4. The van der Waals surface area contributed by atoms with Crippen LogP contribution in [0.4, 0.5) is 0 Å². The van der Waals surface area contributed by atoms with Crippen LogP contribution in [0.1, 0.15) is 40.0 Å². The maximum Gasteiger partial charge on any atom is 0.307 e. The molecule has 3 heteroatoms. The Labute approximate surface area is 81.1 Å². The molecule has 0 atom stereocenters. The maximum atomic E-state index is 11.1. The van der Waals surface area contributed by atoms with E-state index in [2.05, 4.69) is 25.7 Å². The van der Waals surface area contributed by atoms with E-state index >= 15 is 0 Å². The zero-order valence-corrected chi connectivity index (χ0v) is 9.01. The van der Waals surface area contributed by atoms with Gasteiger partial charge in [-0.3, -0.25) is 9.69 Å². The largest absolute Gasteiger partial charge is 0.449 e. The van der Waals surface area contributed by atoms with Crippen LogP contribution in [-0.4, -0.2) is 30.7 Å². The van der Waals surface area contributed by atoms with Gasteiger partial charge in [0.25, 0.3) is 0 Å². The molecule has 0 unspecified atom stereocenters. The van der Waals surface area contributed by atoms with E-state index in [-0.39, 0.29) is 5.97 Å². The van der Waals surface area contributed by atoms with Gasteiger partial charge < -0.3 is 4.74 Å². The molecule has 0 bridgehead atoms. The van der Waals surface area contributed by atoms with Gasteiger partial charge in [-0.2, -0.15) is 0 Å². The van der Waals surface area contributed by atoms with Crippen LogP contribution in [0.5, 0.6) is 0 Å². The summed E-state index contributed by atoms with van der Waals surface area (Å²) < 4.78 is 5.08. The molecule has 0 heterocycles. The average Bonchev–Trinajstić information content (AvgIpc) is 2.16. The fraction of sp³-hybridized carbons (Fsp3) is 0.900. The second-order valence-corrected chi connectivity index (χ2v) is 3.05. The number of esters is 1. The minimum atomic E-state index is -0.0752. The molecular formula is C10H21NO2. The summed E-state index contributed by atoms with van der Waals surface area (Å²) in [5, 5.41) is 0. The van der Waals surface area contributed by atoms with Crippen LogP contribution in [0.2, 0.25) is 0 Å². The molecule has 0 aliphatic rings. The summed E-state index contributed by atoms with van der Waals surface area (Å²) in [5.74, 6) is -0.0752. The molecule has 0 aromatic heterocycles. The van der Waals surface area contributed by atoms with Crippen LogP contribution in [0.15, 0.2) is 0 Å². The Morgan fingerprint density at radius 3 is 2.31 bits per heavy atom. The Bertz CT molecular complexity index is 133. The SMILES string of the molecule is CCCCC(=O)OCN(CC)CC. The summed E-state index contributed by atoms with van der Waals surface area (Å²) in [6.07, 6.45) is 2.52. The molecule has 3 nitrogen and oxygen atoms in total. The van der Waals surface area contributed by atoms with Crippen molar-refractivity contribution in [3.05, 3.63) is 0 Å². The Balaban J connectivity index is 3.44. The highest BCUT2D eigenvalue weighted by molar-refractivity contribution is 5.69. The molecule has 13 heavy (non-hydrogen) atoms. The summed E-state index contributed by atoms with van der Waals surface area (Å²) in [7, 11) is 0. The Morgan fingerprint density at radius 1 is 1.23 bits per heavy atom. The fourth-order valence-electron chi connectivity index (χ4n) is 0.963. The van der Waals surface area contributed by atoms with E-state index in [1.807, 2.05) is 0 Å². The van der Waals surface area contributed by atoms with E-state index in [9.17, 15) is 4.79 Å². The molecule has 78 valence electrons. The summed E-state index contributed by atoms with van der Waals surface area (Å²) in [6.45, 7) is 8.48. The number of hydrogen-bond donors (Lipinski definition) is 0. The second-order valence-electron chi connectivity index (χ2n) is 3.05. The van der Waals surface area contributed by atoms with Crippen LogP contribution in [-0.2, 0) is 9.53 Å². The molecule has 0 saturated heterocycles. The molecule has 0 aromatic carbocycles. The summed E-state index contributed by atoms with van der Waals surface area (Å²) >= 11 is 0. The van der Waals surface area contributed by atoms with Gasteiger partial charge in [-0.1, -0.05) is 27.2 Å². The summed E-state index contributed by atoms with van der Waals surface area (Å²) in [4.78, 5) is 13.2. The average molecular weight is 187 g/mol. The van der Waals surface area contributed by atoms with E-state index < -0.39 is 0 Å². The zero-order chi connectivity index (χ0) is 10.1. The lowest BCUT2D eigenvalue weighted by Gasteiger charge is -2.17. The van der Waals surface area contributed by atoms with E-state index in [0.717, 1.165) is 25.9 Å². The Kier molecular flexibility index (Phi) is 7.69. The van der Waals surface area contributed by atoms with Gasteiger partial charge in [0.15, 0.2) is 0 Å². The predicted octanol–water partition coefficient (Wildman–Crippen LogP) is 2.02. The van der Waals surface area contributed by atoms with Gasteiger partial charge in [0.1, 0.15) is 6.73 Å². The molecule has 0 amide bonds. The van der Waals surface area contributed by atoms with Crippen molar-refractivity contribution in [3.8, 4) is 0 Å². The summed E-state index contributed by atoms with van der Waals surface area (Å²) in [6, 6.07) is 0. The van der Waals surface area contributed by atoms with E-state index in [1.54, 1.807) is 0 Å². The fourth-order valence-corrected chi connectivity index (χ4v) is 0.963. The van der Waals surface area contributed by atoms with Crippen LogP contribution in [0, 0.1) is 0 Å². The number of unbranched alkanes of at least 4 members (excludes halogenated alkanes) is 1. The van der Waals surface area contributed by atoms with Gasteiger partial charge in [-0.15, -0.1) is 0 Å². The van der Waals surface area contributed by atoms with Gasteiger partial charge >= 0.3 is 5.97 Å². The van der Waals surface area contributed by atoms with Gasteiger partial charge in [0.05, 0.1) is 0 Å². The molecule has 0 fully saturated rings. The highest BCUT2D eigenvalue weighted by Gasteiger charge is 2.04. The van der Waals surface area contributed by atoms with Crippen molar-refractivity contribution in [2.75, 3.05) is 19.8 Å². The second kappa shape index (κ2) is 8.05. The third kappa shape index (κ3) is 6.58. The van der Waals surface area contributed by atoms with Crippen molar-refractivity contribution >= 4 is 5.97 Å². The molecule has 0 rings (SSSR count). The number of rotatable bonds is 7. The Hall–Kier alpha value is -0.570. The minimum Gasteiger partial charge on any atom is -0.449 e. The van der Waals surface area contributed by atoms with Gasteiger partial charge in [0.2, 0.25) is 0 Å². The van der Waals surface area contributed by atoms with Crippen molar-refractivity contribution in [1.82, 2.24) is 4.90 Å². The van der Waals surface area contributed by atoms with Crippen LogP contribution < -0.4 is 0 Å². The number of carbonyl (C=O) groups is 1. The molecule has 0 spiro atoms. The molecule has 0 aliphatic carbocycles. The van der Waals surface area contributed by atoms with Gasteiger partial charge in [0, 0.05) is 6.42 Å². The molecule has 0 radical (unpaired) electrons. The third-order valence-electron chi connectivity index (χ3n) is 2.04. The standard InChI is InChI=1S/C10H21NO2/c1-4-7-8-10(12)13-9-11(5-2)6-3/h4-9H2,1-3H3.